The van der Waals surface area contributed by atoms with Crippen LogP contribution >= 0.6 is 11.6 Å². The lowest BCUT2D eigenvalue weighted by atomic mass is 10.1. The fourth-order valence-corrected chi connectivity index (χ4v) is 2.18. The predicted molar refractivity (Wildman–Crippen MR) is 70.3 cm³/mol. The molecule has 2 nitrogen and oxygen atoms in total. The van der Waals surface area contributed by atoms with Crippen molar-refractivity contribution in [2.24, 2.45) is 0 Å². The number of aromatic nitrogens is 1. The van der Waals surface area contributed by atoms with Gasteiger partial charge in [0.1, 0.15) is 0 Å². The van der Waals surface area contributed by atoms with Gasteiger partial charge in [-0.2, -0.15) is 13.2 Å². The molecule has 2 aromatic rings. The lowest BCUT2D eigenvalue weighted by molar-refractivity contribution is -0.139. The normalized spacial score (nSPS) is 13.9. The summed E-state index contributed by atoms with van der Waals surface area (Å²) in [5, 5.41) is 4.47. The molecule has 0 fully saturated rings. The summed E-state index contributed by atoms with van der Waals surface area (Å²) in [6, 6.07) is 4.80. The van der Waals surface area contributed by atoms with Crippen molar-refractivity contribution in [3.63, 3.8) is 0 Å². The SMILES string of the molecule is CC(CC(F)(F)F)NCc1c[nH]c2cc(Cl)ccc12. The second-order valence-corrected chi connectivity index (χ2v) is 5.04. The third-order valence-electron chi connectivity index (χ3n) is 2.91. The third-order valence-corrected chi connectivity index (χ3v) is 3.14. The van der Waals surface area contributed by atoms with Gasteiger partial charge < -0.3 is 10.3 Å². The average molecular weight is 291 g/mol. The quantitative estimate of drug-likeness (QED) is 0.865. The summed E-state index contributed by atoms with van der Waals surface area (Å²) >= 11 is 5.87. The Morgan fingerprint density at radius 2 is 2.11 bits per heavy atom. The topological polar surface area (TPSA) is 27.8 Å². The van der Waals surface area contributed by atoms with Crippen LogP contribution in [0.3, 0.4) is 0 Å². The first-order chi connectivity index (χ1) is 8.85. The smallest absolute Gasteiger partial charge is 0.361 e. The number of fused-ring (bicyclic) bond motifs is 1. The molecule has 6 heteroatoms. The van der Waals surface area contributed by atoms with Crippen molar-refractivity contribution in [1.29, 1.82) is 0 Å². The Bertz CT molecular complexity index is 563. The van der Waals surface area contributed by atoms with Crippen molar-refractivity contribution in [2.45, 2.75) is 32.1 Å². The summed E-state index contributed by atoms with van der Waals surface area (Å²) in [5.41, 5.74) is 1.81. The van der Waals surface area contributed by atoms with Gasteiger partial charge in [-0.1, -0.05) is 17.7 Å². The standard InChI is InChI=1S/C13H14ClF3N2/c1-8(5-13(15,16)17)18-6-9-7-19-12-4-10(14)2-3-11(9)12/h2-4,7-8,18-19H,5-6H2,1H3. The molecule has 1 aromatic carbocycles. The highest BCUT2D eigenvalue weighted by molar-refractivity contribution is 6.31. The number of rotatable bonds is 4. The molecule has 2 rings (SSSR count). The van der Waals surface area contributed by atoms with Gasteiger partial charge >= 0.3 is 6.18 Å². The molecule has 0 saturated carbocycles. The Kier molecular flexibility index (Phi) is 4.06. The van der Waals surface area contributed by atoms with Crippen LogP contribution in [0.4, 0.5) is 13.2 Å². The van der Waals surface area contributed by atoms with Crippen molar-refractivity contribution < 1.29 is 13.2 Å². The van der Waals surface area contributed by atoms with Gasteiger partial charge in [-0.3, -0.25) is 0 Å². The van der Waals surface area contributed by atoms with Crippen LogP contribution in [0.15, 0.2) is 24.4 Å². The zero-order valence-electron chi connectivity index (χ0n) is 10.3. The van der Waals surface area contributed by atoms with Gasteiger partial charge in [-0.05, 0) is 24.6 Å². The van der Waals surface area contributed by atoms with E-state index in [0.29, 0.717) is 11.6 Å². The summed E-state index contributed by atoms with van der Waals surface area (Å²) in [4.78, 5) is 3.05. The second-order valence-electron chi connectivity index (χ2n) is 4.61. The van der Waals surface area contributed by atoms with E-state index in [2.05, 4.69) is 10.3 Å². The average Bonchev–Trinajstić information content (AvgIpc) is 2.66. The molecule has 1 aromatic heterocycles. The van der Waals surface area contributed by atoms with E-state index in [1.54, 1.807) is 18.3 Å². The largest absolute Gasteiger partial charge is 0.390 e. The number of hydrogen-bond donors (Lipinski definition) is 2. The van der Waals surface area contributed by atoms with Crippen molar-refractivity contribution >= 4 is 22.5 Å². The molecule has 2 N–H and O–H groups in total. The van der Waals surface area contributed by atoms with E-state index in [1.165, 1.54) is 6.92 Å². The van der Waals surface area contributed by atoms with E-state index in [0.717, 1.165) is 16.5 Å². The first-order valence-corrected chi connectivity index (χ1v) is 6.28. The molecule has 104 valence electrons. The first-order valence-electron chi connectivity index (χ1n) is 5.91. The van der Waals surface area contributed by atoms with Gasteiger partial charge in [-0.15, -0.1) is 0 Å². The van der Waals surface area contributed by atoms with Crippen molar-refractivity contribution in [1.82, 2.24) is 10.3 Å². The second kappa shape index (κ2) is 5.43. The molecule has 0 spiro atoms. The highest BCUT2D eigenvalue weighted by atomic mass is 35.5. The van der Waals surface area contributed by atoms with Crippen molar-refractivity contribution in [3.8, 4) is 0 Å². The fraction of sp³-hybridized carbons (Fsp3) is 0.385. The summed E-state index contributed by atoms with van der Waals surface area (Å²) in [7, 11) is 0. The molecule has 0 aliphatic carbocycles. The van der Waals surface area contributed by atoms with Crippen LogP contribution in [0.25, 0.3) is 10.9 Å². The van der Waals surface area contributed by atoms with E-state index < -0.39 is 18.6 Å². The van der Waals surface area contributed by atoms with Crippen LogP contribution in [-0.2, 0) is 6.54 Å². The maximum absolute atomic E-state index is 12.2. The van der Waals surface area contributed by atoms with Gasteiger partial charge in [0, 0.05) is 34.7 Å². The fourth-order valence-electron chi connectivity index (χ4n) is 2.01. The minimum Gasteiger partial charge on any atom is -0.361 e. The molecule has 0 bridgehead atoms. The van der Waals surface area contributed by atoms with Crippen LogP contribution in [0.1, 0.15) is 18.9 Å². The zero-order valence-corrected chi connectivity index (χ0v) is 11.1. The Hall–Kier alpha value is -1.20. The molecule has 0 aliphatic heterocycles. The molecular formula is C13H14ClF3N2. The summed E-state index contributed by atoms with van der Waals surface area (Å²) in [5.74, 6) is 0. The number of halogens is 4. The molecule has 1 atom stereocenters. The van der Waals surface area contributed by atoms with E-state index in [1.807, 2.05) is 6.07 Å². The van der Waals surface area contributed by atoms with Crippen molar-refractivity contribution in [2.75, 3.05) is 0 Å². The molecule has 1 heterocycles. The summed E-state index contributed by atoms with van der Waals surface area (Å²) < 4.78 is 36.6. The van der Waals surface area contributed by atoms with Gasteiger partial charge in [0.2, 0.25) is 0 Å². The minimum absolute atomic E-state index is 0.388. The highest BCUT2D eigenvalue weighted by Crippen LogP contribution is 2.23. The number of nitrogens with one attached hydrogen (secondary N) is 2. The maximum atomic E-state index is 12.2. The summed E-state index contributed by atoms with van der Waals surface area (Å²) in [6.07, 6.45) is -3.18. The Morgan fingerprint density at radius 1 is 1.37 bits per heavy atom. The minimum atomic E-state index is -4.14. The third kappa shape index (κ3) is 3.88. The van der Waals surface area contributed by atoms with Crippen LogP contribution in [0, 0.1) is 0 Å². The molecule has 0 amide bonds. The lowest BCUT2D eigenvalue weighted by Crippen LogP contribution is -2.30. The van der Waals surface area contributed by atoms with Crippen LogP contribution in [0.5, 0.6) is 0 Å². The lowest BCUT2D eigenvalue weighted by Gasteiger charge is -2.15. The number of aromatic amines is 1. The van der Waals surface area contributed by atoms with Gasteiger partial charge in [0.05, 0.1) is 6.42 Å². The molecular weight excluding hydrogens is 277 g/mol. The van der Waals surface area contributed by atoms with Gasteiger partial charge in [-0.25, -0.2) is 0 Å². The van der Waals surface area contributed by atoms with Crippen molar-refractivity contribution in [3.05, 3.63) is 35.0 Å². The number of hydrogen-bond acceptors (Lipinski definition) is 1. The van der Waals surface area contributed by atoms with Gasteiger partial charge in [0.25, 0.3) is 0 Å². The van der Waals surface area contributed by atoms with Crippen LogP contribution < -0.4 is 5.32 Å². The maximum Gasteiger partial charge on any atom is 0.390 e. The first kappa shape index (κ1) is 14.2. The predicted octanol–water partition coefficient (Wildman–Crippen LogP) is 4.25. The molecule has 19 heavy (non-hydrogen) atoms. The van der Waals surface area contributed by atoms with Crippen LogP contribution in [-0.4, -0.2) is 17.2 Å². The van der Waals surface area contributed by atoms with E-state index in [4.69, 9.17) is 11.6 Å². The number of H-pyrrole nitrogens is 1. The zero-order chi connectivity index (χ0) is 14.0. The number of benzene rings is 1. The monoisotopic (exact) mass is 290 g/mol. The molecule has 1 unspecified atom stereocenters. The van der Waals surface area contributed by atoms with E-state index in [-0.39, 0.29) is 0 Å². The van der Waals surface area contributed by atoms with E-state index in [9.17, 15) is 13.2 Å². The highest BCUT2D eigenvalue weighted by Gasteiger charge is 2.29. The summed E-state index contributed by atoms with van der Waals surface area (Å²) in [6.45, 7) is 1.91. The van der Waals surface area contributed by atoms with Gasteiger partial charge in [0.15, 0.2) is 0 Å². The Balaban J connectivity index is 2.02. The molecule has 0 aliphatic rings. The van der Waals surface area contributed by atoms with E-state index >= 15 is 0 Å². The number of alkyl halides is 3. The van der Waals surface area contributed by atoms with Crippen LogP contribution in [0.2, 0.25) is 5.02 Å². The Morgan fingerprint density at radius 3 is 2.79 bits per heavy atom. The molecule has 0 saturated heterocycles. The molecule has 0 radical (unpaired) electrons. The Labute approximate surface area is 113 Å².